The van der Waals surface area contributed by atoms with E-state index in [9.17, 15) is 4.79 Å². The molecule has 1 saturated heterocycles. The largest absolute Gasteiger partial charge is 0.462 e. The number of hydrogen-bond acceptors (Lipinski definition) is 5. The summed E-state index contributed by atoms with van der Waals surface area (Å²) in [6, 6.07) is 0. The second-order valence-electron chi connectivity index (χ2n) is 6.19. The molecule has 22 heavy (non-hydrogen) atoms. The Labute approximate surface area is 140 Å². The zero-order valence-corrected chi connectivity index (χ0v) is 15.1. The number of carbonyl (C=O) groups is 1. The normalized spacial score (nSPS) is 15.9. The number of imidazole rings is 1. The molecule has 7 heteroatoms. The molecule has 1 aliphatic rings. The summed E-state index contributed by atoms with van der Waals surface area (Å²) in [4.78, 5) is 14.1. The second kappa shape index (κ2) is 9.27. The summed E-state index contributed by atoms with van der Waals surface area (Å²) in [5, 5.41) is 12.3. The Morgan fingerprint density at radius 3 is 2.59 bits per heavy atom. The number of aliphatic hydroxyl groups is 1. The first kappa shape index (κ1) is 19.1. The molecule has 0 spiro atoms. The van der Waals surface area contributed by atoms with Crippen LogP contribution in [0.4, 0.5) is 0 Å². The van der Waals surface area contributed by atoms with Gasteiger partial charge in [0.25, 0.3) is 6.47 Å². The number of nitrogens with one attached hydrogen (secondary N) is 1. The van der Waals surface area contributed by atoms with E-state index < -0.39 is 0 Å². The quantitative estimate of drug-likeness (QED) is 0.787. The van der Waals surface area contributed by atoms with Gasteiger partial charge in [-0.1, -0.05) is 0 Å². The van der Waals surface area contributed by atoms with Crippen LogP contribution in [0.2, 0.25) is 0 Å². The molecule has 2 rings (SSSR count). The van der Waals surface area contributed by atoms with Crippen LogP contribution in [0.15, 0.2) is 10.8 Å². The Kier molecular flexibility index (Phi) is 8.06. The lowest BCUT2D eigenvalue weighted by molar-refractivity contribution is -0.138. The third-order valence-corrected chi connectivity index (χ3v) is 3.61. The van der Waals surface area contributed by atoms with Crippen LogP contribution in [0.1, 0.15) is 45.4 Å². The summed E-state index contributed by atoms with van der Waals surface area (Å²) < 4.78 is 7.47. The first-order valence-electron chi connectivity index (χ1n) is 7.53. The minimum atomic E-state index is -0.318. The van der Waals surface area contributed by atoms with Crippen molar-refractivity contribution in [2.45, 2.75) is 51.7 Å². The lowest BCUT2D eigenvalue weighted by Crippen LogP contribution is -2.28. The highest BCUT2D eigenvalue weighted by Crippen LogP contribution is 2.25. The molecule has 0 radical (unpaired) electrons. The number of nitrogens with zero attached hydrogens (tertiary/aromatic N) is 2. The smallest absolute Gasteiger partial charge is 0.293 e. The van der Waals surface area contributed by atoms with Crippen molar-refractivity contribution >= 4 is 22.4 Å². The molecule has 126 valence electrons. The van der Waals surface area contributed by atoms with Gasteiger partial charge in [0.2, 0.25) is 0 Å². The molecule has 0 aliphatic carbocycles. The molecule has 0 saturated carbocycles. The van der Waals surface area contributed by atoms with Crippen molar-refractivity contribution in [3.05, 3.63) is 16.6 Å². The molecule has 1 aromatic rings. The highest BCUT2D eigenvalue weighted by molar-refractivity contribution is 9.10. The second-order valence-corrected chi connectivity index (χ2v) is 7.00. The van der Waals surface area contributed by atoms with Gasteiger partial charge < -0.3 is 19.7 Å². The molecular formula is C15H26BrN3O3. The van der Waals surface area contributed by atoms with Crippen LogP contribution in [0.3, 0.4) is 0 Å². The van der Waals surface area contributed by atoms with E-state index in [1.54, 1.807) is 0 Å². The fourth-order valence-electron chi connectivity index (χ4n) is 2.23. The van der Waals surface area contributed by atoms with Crippen LogP contribution in [0.5, 0.6) is 0 Å². The molecule has 0 bridgehead atoms. The van der Waals surface area contributed by atoms with E-state index in [4.69, 9.17) is 5.11 Å². The monoisotopic (exact) mass is 375 g/mol. The van der Waals surface area contributed by atoms with E-state index in [0.29, 0.717) is 18.9 Å². The summed E-state index contributed by atoms with van der Waals surface area (Å²) >= 11 is 3.39. The zero-order chi connectivity index (χ0) is 16.6. The first-order valence-corrected chi connectivity index (χ1v) is 8.32. The van der Waals surface area contributed by atoms with Gasteiger partial charge in [-0.25, -0.2) is 4.98 Å². The van der Waals surface area contributed by atoms with Crippen molar-refractivity contribution < 1.29 is 14.6 Å². The molecule has 2 heterocycles. The number of carbonyl (C=O) groups excluding carboxylic acids is 1. The van der Waals surface area contributed by atoms with Crippen molar-refractivity contribution in [1.29, 1.82) is 0 Å². The highest BCUT2D eigenvalue weighted by Gasteiger charge is 2.20. The lowest BCUT2D eigenvalue weighted by atomic mass is 9.97. The Hall–Kier alpha value is -0.920. The number of aromatic nitrogens is 2. The van der Waals surface area contributed by atoms with E-state index in [1.165, 1.54) is 0 Å². The molecule has 1 fully saturated rings. The van der Waals surface area contributed by atoms with E-state index >= 15 is 0 Å². The Balaban J connectivity index is 0.000000295. The van der Waals surface area contributed by atoms with Gasteiger partial charge >= 0.3 is 0 Å². The van der Waals surface area contributed by atoms with Gasteiger partial charge in [0, 0.05) is 18.7 Å². The molecule has 6 nitrogen and oxygen atoms in total. The van der Waals surface area contributed by atoms with Crippen molar-refractivity contribution in [1.82, 2.24) is 14.9 Å². The van der Waals surface area contributed by atoms with Crippen LogP contribution < -0.4 is 5.32 Å². The van der Waals surface area contributed by atoms with Crippen molar-refractivity contribution in [3.8, 4) is 0 Å². The lowest BCUT2D eigenvalue weighted by Gasteiger charge is -2.22. The topological polar surface area (TPSA) is 76.4 Å². The standard InChI is InChI=1S/C10H16BrN3O.C5H10O2/c11-9-7-14(5-6-15)10(13-9)8-1-3-12-4-2-8;1-5(2,3)7-4-6/h7-8,12,15H,1-6H2;4H,1-3H3. The SMILES string of the molecule is CC(C)(C)OC=O.OCCn1cc(Br)nc1C1CCNCC1. The fourth-order valence-corrected chi connectivity index (χ4v) is 2.66. The predicted octanol–water partition coefficient (Wildman–Crippen LogP) is 2.06. The molecule has 0 amide bonds. The number of aliphatic hydroxyl groups excluding tert-OH is 1. The van der Waals surface area contributed by atoms with Gasteiger partial charge in [0.15, 0.2) is 0 Å². The summed E-state index contributed by atoms with van der Waals surface area (Å²) in [6.07, 6.45) is 4.22. The average molecular weight is 376 g/mol. The minimum Gasteiger partial charge on any atom is -0.462 e. The van der Waals surface area contributed by atoms with E-state index in [1.807, 2.05) is 27.0 Å². The van der Waals surface area contributed by atoms with Crippen molar-refractivity contribution in [2.24, 2.45) is 0 Å². The maximum absolute atomic E-state index is 9.60. The Bertz CT molecular complexity index is 451. The minimum absolute atomic E-state index is 0.167. The van der Waals surface area contributed by atoms with Crippen LogP contribution in [-0.4, -0.2) is 46.4 Å². The summed E-state index contributed by atoms with van der Waals surface area (Å²) in [5.41, 5.74) is -0.318. The fraction of sp³-hybridized carbons (Fsp3) is 0.733. The summed E-state index contributed by atoms with van der Waals surface area (Å²) in [5.74, 6) is 1.64. The molecule has 1 aromatic heterocycles. The van der Waals surface area contributed by atoms with Crippen molar-refractivity contribution in [2.75, 3.05) is 19.7 Å². The number of hydrogen-bond donors (Lipinski definition) is 2. The maximum Gasteiger partial charge on any atom is 0.293 e. The van der Waals surface area contributed by atoms with Gasteiger partial charge in [-0.15, -0.1) is 0 Å². The molecule has 0 atom stereocenters. The zero-order valence-electron chi connectivity index (χ0n) is 13.5. The van der Waals surface area contributed by atoms with E-state index in [-0.39, 0.29) is 12.2 Å². The van der Waals surface area contributed by atoms with Gasteiger partial charge in [-0.3, -0.25) is 4.79 Å². The van der Waals surface area contributed by atoms with Gasteiger partial charge in [-0.2, -0.15) is 0 Å². The summed E-state index contributed by atoms with van der Waals surface area (Å²) in [6.45, 7) is 8.85. The number of ether oxygens (including phenoxy) is 1. The Morgan fingerprint density at radius 1 is 1.50 bits per heavy atom. The van der Waals surface area contributed by atoms with Crippen molar-refractivity contribution in [3.63, 3.8) is 0 Å². The molecule has 0 unspecified atom stereocenters. The predicted molar refractivity (Wildman–Crippen MR) is 88.8 cm³/mol. The van der Waals surface area contributed by atoms with E-state index in [2.05, 4.69) is 35.5 Å². The first-order chi connectivity index (χ1) is 10.4. The third kappa shape index (κ3) is 6.89. The van der Waals surface area contributed by atoms with Crippen LogP contribution >= 0.6 is 15.9 Å². The number of piperidine rings is 1. The van der Waals surface area contributed by atoms with Gasteiger partial charge in [0.1, 0.15) is 16.0 Å². The molecular weight excluding hydrogens is 350 g/mol. The molecule has 0 aromatic carbocycles. The third-order valence-electron chi connectivity index (χ3n) is 3.22. The molecule has 1 aliphatic heterocycles. The van der Waals surface area contributed by atoms with Crippen LogP contribution in [-0.2, 0) is 16.1 Å². The number of rotatable bonds is 4. The van der Waals surface area contributed by atoms with Gasteiger partial charge in [0.05, 0.1) is 6.61 Å². The van der Waals surface area contributed by atoms with E-state index in [0.717, 1.165) is 36.4 Å². The summed E-state index contributed by atoms with van der Waals surface area (Å²) in [7, 11) is 0. The van der Waals surface area contributed by atoms with Gasteiger partial charge in [-0.05, 0) is 62.6 Å². The molecule has 2 N–H and O–H groups in total. The average Bonchev–Trinajstić information content (AvgIpc) is 2.80. The van der Waals surface area contributed by atoms with Crippen LogP contribution in [0.25, 0.3) is 0 Å². The highest BCUT2D eigenvalue weighted by atomic mass is 79.9. The Morgan fingerprint density at radius 2 is 2.14 bits per heavy atom. The van der Waals surface area contributed by atoms with Crippen LogP contribution in [0, 0.1) is 0 Å². The number of halogens is 1. The maximum atomic E-state index is 9.60.